The first-order valence-electron chi connectivity index (χ1n) is 2.22. The van der Waals surface area contributed by atoms with Crippen LogP contribution >= 0.6 is 0 Å². The Bertz CT molecular complexity index is 125. The molecule has 0 fully saturated rings. The first-order valence-corrected chi connectivity index (χ1v) is 2.22. The molecule has 0 N–H and O–H groups in total. The van der Waals surface area contributed by atoms with E-state index in [4.69, 9.17) is 0 Å². The predicted octanol–water partition coefficient (Wildman–Crippen LogP) is 0.910. The van der Waals surface area contributed by atoms with Gasteiger partial charge in [0, 0.05) is 38.9 Å². The van der Waals surface area contributed by atoms with Crippen LogP contribution in [0.4, 0.5) is 0 Å². The zero-order valence-corrected chi connectivity index (χ0v) is 7.62. The van der Waals surface area contributed by atoms with Gasteiger partial charge in [0.25, 0.3) is 0 Å². The summed E-state index contributed by atoms with van der Waals surface area (Å²) in [6.07, 6.45) is 3.64. The fourth-order valence-electron chi connectivity index (χ4n) is 0.433. The van der Waals surface area contributed by atoms with Gasteiger partial charge in [-0.15, -0.1) is 18.8 Å². The topological polar surface area (TPSA) is 17.8 Å². The molecule has 0 saturated heterocycles. The second-order valence-electron chi connectivity index (χ2n) is 1.24. The van der Waals surface area contributed by atoms with Gasteiger partial charge < -0.3 is 4.68 Å². The molecule has 8 heavy (non-hydrogen) atoms. The van der Waals surface area contributed by atoms with Crippen LogP contribution in [0.15, 0.2) is 18.5 Å². The molecule has 2 nitrogen and oxygen atoms in total. The number of rotatable bonds is 1. The Balaban J connectivity index is 0.000000490. The number of hydrogen-bond donors (Lipinski definition) is 0. The molecule has 3 heteroatoms. The van der Waals surface area contributed by atoms with Crippen LogP contribution < -0.4 is 0 Å². The maximum atomic E-state index is 3.90. The van der Waals surface area contributed by atoms with E-state index < -0.39 is 0 Å². The smallest absolute Gasteiger partial charge is 0.0281 e. The van der Waals surface area contributed by atoms with Gasteiger partial charge in [0.2, 0.25) is 0 Å². The monoisotopic (exact) mass is 184 g/mol. The molecule has 0 aliphatic rings. The average Bonchev–Trinajstić information content (AvgIpc) is 2.14. The average molecular weight is 184 g/mol. The third kappa shape index (κ3) is 1.97. The van der Waals surface area contributed by atoms with Crippen molar-refractivity contribution in [2.24, 2.45) is 0 Å². The van der Waals surface area contributed by atoms with E-state index in [9.17, 15) is 0 Å². The van der Waals surface area contributed by atoms with Gasteiger partial charge in [0.05, 0.1) is 0 Å². The molecular formula is C5H7N2Y-. The summed E-state index contributed by atoms with van der Waals surface area (Å²) in [5, 5.41) is 3.90. The van der Waals surface area contributed by atoms with Crippen LogP contribution in [-0.4, -0.2) is 9.78 Å². The van der Waals surface area contributed by atoms with E-state index in [-0.39, 0.29) is 32.7 Å². The van der Waals surface area contributed by atoms with Gasteiger partial charge in [-0.05, 0) is 0 Å². The molecule has 0 aromatic carbocycles. The molecular weight excluding hydrogens is 177 g/mol. The Morgan fingerprint density at radius 2 is 2.38 bits per heavy atom. The van der Waals surface area contributed by atoms with Crippen LogP contribution in [0.25, 0.3) is 0 Å². The number of nitrogens with zero attached hydrogens (tertiary/aromatic N) is 2. The summed E-state index contributed by atoms with van der Waals surface area (Å²) in [5.74, 6) is 0. The summed E-state index contributed by atoms with van der Waals surface area (Å²) < 4.78 is 1.75. The molecule has 1 heterocycles. The standard InChI is InChI=1S/C5H7N2.Y/c1-2-7-5-3-4-6-7;/h2-5H,1H3;/q-1;. The van der Waals surface area contributed by atoms with Crippen molar-refractivity contribution in [1.29, 1.82) is 0 Å². The fourth-order valence-corrected chi connectivity index (χ4v) is 0.433. The minimum absolute atomic E-state index is 0. The number of hydrogen-bond acceptors (Lipinski definition) is 1. The molecule has 1 aromatic heterocycles. The van der Waals surface area contributed by atoms with Crippen molar-refractivity contribution in [2.75, 3.05) is 0 Å². The Labute approximate surface area is 74.2 Å². The summed E-state index contributed by atoms with van der Waals surface area (Å²) in [4.78, 5) is 0. The van der Waals surface area contributed by atoms with E-state index in [2.05, 4.69) is 5.10 Å². The fraction of sp³-hybridized carbons (Fsp3) is 0.200. The molecule has 0 amide bonds. The van der Waals surface area contributed by atoms with Crippen molar-refractivity contribution in [3.63, 3.8) is 0 Å². The van der Waals surface area contributed by atoms with Gasteiger partial charge in [-0.2, -0.15) is 0 Å². The van der Waals surface area contributed by atoms with Gasteiger partial charge >= 0.3 is 0 Å². The maximum Gasteiger partial charge on any atom is 0.0281 e. The van der Waals surface area contributed by atoms with Crippen molar-refractivity contribution in [3.8, 4) is 0 Å². The van der Waals surface area contributed by atoms with E-state index in [0.717, 1.165) is 0 Å². The van der Waals surface area contributed by atoms with Gasteiger partial charge in [-0.25, -0.2) is 5.10 Å². The molecule has 41 valence electrons. The number of aromatic nitrogens is 2. The Morgan fingerprint density at radius 1 is 1.62 bits per heavy atom. The van der Waals surface area contributed by atoms with E-state index in [0.29, 0.717) is 0 Å². The summed E-state index contributed by atoms with van der Waals surface area (Å²) in [7, 11) is 0. The van der Waals surface area contributed by atoms with Crippen LogP contribution in [0, 0.1) is 6.54 Å². The van der Waals surface area contributed by atoms with Gasteiger partial charge in [-0.3, -0.25) is 0 Å². The van der Waals surface area contributed by atoms with E-state index in [1.807, 2.05) is 25.7 Å². The van der Waals surface area contributed by atoms with Crippen molar-refractivity contribution in [2.45, 2.75) is 6.92 Å². The van der Waals surface area contributed by atoms with E-state index in [1.165, 1.54) is 0 Å². The third-order valence-corrected chi connectivity index (χ3v) is 0.789. The first kappa shape index (κ1) is 8.18. The van der Waals surface area contributed by atoms with Gasteiger partial charge in [-0.1, -0.05) is 6.92 Å². The summed E-state index contributed by atoms with van der Waals surface area (Å²) in [6.45, 7) is 3.83. The zero-order valence-electron chi connectivity index (χ0n) is 4.78. The zero-order chi connectivity index (χ0) is 5.11. The summed E-state index contributed by atoms with van der Waals surface area (Å²) in [5.41, 5.74) is 0. The molecule has 0 atom stereocenters. The molecule has 0 saturated carbocycles. The molecule has 1 radical (unpaired) electrons. The SMILES string of the molecule is C[CH-]n1cccn1.[Y]. The second kappa shape index (κ2) is 4.10. The van der Waals surface area contributed by atoms with Crippen LogP contribution in [0.1, 0.15) is 6.92 Å². The maximum absolute atomic E-state index is 3.90. The summed E-state index contributed by atoms with van der Waals surface area (Å²) in [6, 6.07) is 1.89. The normalized spacial score (nSPS) is 7.62. The molecule has 1 rings (SSSR count). The van der Waals surface area contributed by atoms with Crippen molar-refractivity contribution >= 4 is 0 Å². The van der Waals surface area contributed by atoms with Gasteiger partial charge in [0.15, 0.2) is 0 Å². The molecule has 0 aliphatic heterocycles. The first-order chi connectivity index (χ1) is 3.43. The minimum Gasteiger partial charge on any atom is -0.406 e. The molecule has 0 unspecified atom stereocenters. The molecule has 1 aromatic rings. The van der Waals surface area contributed by atoms with Crippen molar-refractivity contribution in [3.05, 3.63) is 25.0 Å². The van der Waals surface area contributed by atoms with E-state index >= 15 is 0 Å². The summed E-state index contributed by atoms with van der Waals surface area (Å²) >= 11 is 0. The second-order valence-corrected chi connectivity index (χ2v) is 1.24. The van der Waals surface area contributed by atoms with Gasteiger partial charge in [0.1, 0.15) is 0 Å². The largest absolute Gasteiger partial charge is 0.406 e. The Morgan fingerprint density at radius 3 is 2.62 bits per heavy atom. The molecule has 0 spiro atoms. The Hall–Kier alpha value is 0.184. The van der Waals surface area contributed by atoms with Crippen LogP contribution in [-0.2, 0) is 32.7 Å². The molecule has 0 aliphatic carbocycles. The van der Waals surface area contributed by atoms with Crippen LogP contribution in [0.5, 0.6) is 0 Å². The Kier molecular flexibility index (Phi) is 4.20. The van der Waals surface area contributed by atoms with E-state index in [1.54, 1.807) is 10.9 Å². The quantitative estimate of drug-likeness (QED) is 0.593. The minimum atomic E-state index is 0. The molecule has 0 bridgehead atoms. The van der Waals surface area contributed by atoms with Crippen molar-refractivity contribution < 1.29 is 32.7 Å². The van der Waals surface area contributed by atoms with Crippen molar-refractivity contribution in [1.82, 2.24) is 9.78 Å². The van der Waals surface area contributed by atoms with Crippen LogP contribution in [0.3, 0.4) is 0 Å². The van der Waals surface area contributed by atoms with Crippen LogP contribution in [0.2, 0.25) is 0 Å². The predicted molar refractivity (Wildman–Crippen MR) is 27.6 cm³/mol. The third-order valence-electron chi connectivity index (χ3n) is 0.789.